The number of nitrogens with one attached hydrogen (secondary N) is 1. The Labute approximate surface area is 105 Å². The summed E-state index contributed by atoms with van der Waals surface area (Å²) in [7, 11) is 1.19. The Morgan fingerprint density at radius 2 is 1.83 bits per heavy atom. The van der Waals surface area contributed by atoms with Gasteiger partial charge in [0.25, 0.3) is 0 Å². The number of esters is 1. The van der Waals surface area contributed by atoms with E-state index in [4.69, 9.17) is 4.74 Å². The van der Waals surface area contributed by atoms with Crippen molar-refractivity contribution in [2.75, 3.05) is 7.11 Å². The molecular formula is C11H18NO6-. The lowest BCUT2D eigenvalue weighted by Gasteiger charge is -2.23. The maximum absolute atomic E-state index is 11.3. The molecule has 1 atom stereocenters. The van der Waals surface area contributed by atoms with Crippen molar-refractivity contribution in [3.63, 3.8) is 0 Å². The molecule has 0 radical (unpaired) electrons. The molecule has 0 bridgehead atoms. The van der Waals surface area contributed by atoms with Crippen molar-refractivity contribution in [2.45, 2.75) is 45.3 Å². The first-order chi connectivity index (χ1) is 8.15. The Bertz CT molecular complexity index is 320. The van der Waals surface area contributed by atoms with Crippen LogP contribution in [0.5, 0.6) is 0 Å². The van der Waals surface area contributed by atoms with Gasteiger partial charge in [-0.15, -0.1) is 0 Å². The molecule has 0 aliphatic heterocycles. The van der Waals surface area contributed by atoms with Crippen LogP contribution in [-0.2, 0) is 19.1 Å². The highest BCUT2D eigenvalue weighted by molar-refractivity contribution is 5.79. The molecule has 1 N–H and O–H groups in total. The molecule has 0 saturated heterocycles. The van der Waals surface area contributed by atoms with Gasteiger partial charge in [-0.25, -0.2) is 4.79 Å². The summed E-state index contributed by atoms with van der Waals surface area (Å²) in [5.41, 5.74) is -0.733. The number of ether oxygens (including phenoxy) is 2. The fourth-order valence-corrected chi connectivity index (χ4v) is 1.06. The minimum absolute atomic E-state index is 0.117. The third-order valence-corrected chi connectivity index (χ3v) is 1.84. The SMILES string of the molecule is COC(=O)CCC(NC(=O)OC(C)(C)C)C(=O)[O-]. The molecule has 0 aromatic carbocycles. The Morgan fingerprint density at radius 1 is 1.28 bits per heavy atom. The van der Waals surface area contributed by atoms with E-state index in [0.717, 1.165) is 0 Å². The Balaban J connectivity index is 4.32. The molecule has 104 valence electrons. The van der Waals surface area contributed by atoms with Gasteiger partial charge in [-0.1, -0.05) is 0 Å². The Hall–Kier alpha value is -1.79. The quantitative estimate of drug-likeness (QED) is 0.673. The van der Waals surface area contributed by atoms with E-state index >= 15 is 0 Å². The van der Waals surface area contributed by atoms with Gasteiger partial charge < -0.3 is 24.7 Å². The van der Waals surface area contributed by atoms with Gasteiger partial charge in [0.15, 0.2) is 0 Å². The van der Waals surface area contributed by atoms with Gasteiger partial charge in [0.1, 0.15) is 5.60 Å². The highest BCUT2D eigenvalue weighted by Crippen LogP contribution is 2.07. The molecule has 0 aromatic rings. The number of aliphatic carboxylic acids is 1. The maximum atomic E-state index is 11.3. The lowest BCUT2D eigenvalue weighted by atomic mass is 10.1. The minimum Gasteiger partial charge on any atom is -0.548 e. The van der Waals surface area contributed by atoms with Gasteiger partial charge in [-0.2, -0.15) is 0 Å². The van der Waals surface area contributed by atoms with Gasteiger partial charge in [0.05, 0.1) is 19.1 Å². The van der Waals surface area contributed by atoms with Gasteiger partial charge >= 0.3 is 12.1 Å². The molecule has 7 nitrogen and oxygen atoms in total. The van der Waals surface area contributed by atoms with Crippen LogP contribution in [0.2, 0.25) is 0 Å². The summed E-state index contributed by atoms with van der Waals surface area (Å²) in [4.78, 5) is 33.0. The van der Waals surface area contributed by atoms with E-state index in [0.29, 0.717) is 0 Å². The lowest BCUT2D eigenvalue weighted by molar-refractivity contribution is -0.308. The standard InChI is InChI=1S/C11H19NO6/c1-11(2,3)18-10(16)12-7(9(14)15)5-6-8(13)17-4/h7H,5-6H2,1-4H3,(H,12,16)(H,14,15)/p-1. The van der Waals surface area contributed by atoms with E-state index in [-0.39, 0.29) is 12.8 Å². The number of hydrogen-bond donors (Lipinski definition) is 1. The predicted molar refractivity (Wildman–Crippen MR) is 59.4 cm³/mol. The van der Waals surface area contributed by atoms with E-state index in [9.17, 15) is 19.5 Å². The first kappa shape index (κ1) is 16.2. The minimum atomic E-state index is -1.48. The normalized spacial score (nSPS) is 12.4. The molecule has 7 heteroatoms. The first-order valence-electron chi connectivity index (χ1n) is 5.43. The summed E-state index contributed by atoms with van der Waals surface area (Å²) in [6.45, 7) is 4.94. The zero-order valence-corrected chi connectivity index (χ0v) is 10.9. The van der Waals surface area contributed by atoms with Crippen LogP contribution in [0, 0.1) is 0 Å². The topological polar surface area (TPSA) is 105 Å². The third kappa shape index (κ3) is 7.48. The predicted octanol–water partition coefficient (Wildman–Crippen LogP) is -0.417. The van der Waals surface area contributed by atoms with Crippen LogP contribution >= 0.6 is 0 Å². The van der Waals surface area contributed by atoms with Crippen LogP contribution in [0.25, 0.3) is 0 Å². The number of methoxy groups -OCH3 is 1. The number of carboxylic acids is 1. The van der Waals surface area contributed by atoms with Crippen molar-refractivity contribution in [1.82, 2.24) is 5.32 Å². The van der Waals surface area contributed by atoms with Crippen LogP contribution < -0.4 is 10.4 Å². The number of carbonyl (C=O) groups excluding carboxylic acids is 3. The second kappa shape index (κ2) is 6.83. The highest BCUT2D eigenvalue weighted by atomic mass is 16.6. The van der Waals surface area contributed by atoms with Crippen LogP contribution in [-0.4, -0.2) is 36.8 Å². The van der Waals surface area contributed by atoms with Crippen molar-refractivity contribution < 1.29 is 29.0 Å². The van der Waals surface area contributed by atoms with E-state index in [1.807, 2.05) is 0 Å². The van der Waals surface area contributed by atoms with Crippen LogP contribution in [0.1, 0.15) is 33.6 Å². The molecule has 0 saturated carbocycles. The molecule has 1 amide bonds. The second-order valence-electron chi connectivity index (χ2n) is 4.63. The zero-order valence-electron chi connectivity index (χ0n) is 10.9. The van der Waals surface area contributed by atoms with Gasteiger partial charge in [0.2, 0.25) is 0 Å². The highest BCUT2D eigenvalue weighted by Gasteiger charge is 2.20. The molecule has 0 rings (SSSR count). The third-order valence-electron chi connectivity index (χ3n) is 1.84. The average molecular weight is 260 g/mol. The molecule has 0 aliphatic carbocycles. The lowest BCUT2D eigenvalue weighted by Crippen LogP contribution is -2.49. The smallest absolute Gasteiger partial charge is 0.408 e. The second-order valence-corrected chi connectivity index (χ2v) is 4.63. The molecule has 0 spiro atoms. The molecule has 0 fully saturated rings. The number of rotatable bonds is 5. The number of hydrogen-bond acceptors (Lipinski definition) is 6. The number of carboxylic acid groups (broad SMARTS) is 1. The maximum Gasteiger partial charge on any atom is 0.408 e. The Kier molecular flexibility index (Phi) is 6.15. The first-order valence-corrected chi connectivity index (χ1v) is 5.43. The van der Waals surface area contributed by atoms with E-state index < -0.39 is 29.7 Å². The van der Waals surface area contributed by atoms with Crippen molar-refractivity contribution in [2.24, 2.45) is 0 Å². The van der Waals surface area contributed by atoms with Crippen molar-refractivity contribution in [3.05, 3.63) is 0 Å². The van der Waals surface area contributed by atoms with Gasteiger partial charge in [0, 0.05) is 6.42 Å². The fraction of sp³-hybridized carbons (Fsp3) is 0.727. The van der Waals surface area contributed by atoms with Crippen molar-refractivity contribution in [1.29, 1.82) is 0 Å². The molecule has 1 unspecified atom stereocenters. The largest absolute Gasteiger partial charge is 0.548 e. The number of amides is 1. The fourth-order valence-electron chi connectivity index (χ4n) is 1.06. The van der Waals surface area contributed by atoms with E-state index in [2.05, 4.69) is 10.1 Å². The Morgan fingerprint density at radius 3 is 2.22 bits per heavy atom. The summed E-state index contributed by atoms with van der Waals surface area (Å²) in [5, 5.41) is 12.9. The molecule has 0 heterocycles. The van der Waals surface area contributed by atoms with Crippen molar-refractivity contribution >= 4 is 18.0 Å². The van der Waals surface area contributed by atoms with Gasteiger partial charge in [-0.3, -0.25) is 4.79 Å². The summed E-state index contributed by atoms with van der Waals surface area (Å²) in [6.07, 6.45) is -1.12. The monoisotopic (exact) mass is 260 g/mol. The summed E-state index contributed by atoms with van der Waals surface area (Å²) < 4.78 is 9.26. The van der Waals surface area contributed by atoms with E-state index in [1.165, 1.54) is 7.11 Å². The van der Waals surface area contributed by atoms with Crippen LogP contribution in [0.4, 0.5) is 4.79 Å². The summed E-state index contributed by atoms with van der Waals surface area (Å²) >= 11 is 0. The number of alkyl carbamates (subject to hydrolysis) is 1. The number of carbonyl (C=O) groups is 3. The van der Waals surface area contributed by atoms with Crippen molar-refractivity contribution in [3.8, 4) is 0 Å². The molecular weight excluding hydrogens is 242 g/mol. The molecule has 0 aliphatic rings. The molecule has 18 heavy (non-hydrogen) atoms. The van der Waals surface area contributed by atoms with E-state index in [1.54, 1.807) is 20.8 Å². The van der Waals surface area contributed by atoms with Crippen LogP contribution in [0.3, 0.4) is 0 Å². The molecule has 0 aromatic heterocycles. The van der Waals surface area contributed by atoms with Crippen LogP contribution in [0.15, 0.2) is 0 Å². The van der Waals surface area contributed by atoms with Gasteiger partial charge in [-0.05, 0) is 27.2 Å². The average Bonchev–Trinajstić information content (AvgIpc) is 2.20. The zero-order chi connectivity index (χ0) is 14.3. The summed E-state index contributed by atoms with van der Waals surface area (Å²) in [5.74, 6) is -2.04. The summed E-state index contributed by atoms with van der Waals surface area (Å²) in [6, 6.07) is -1.29.